The minimum Gasteiger partial charge on any atom is -0.479 e. The summed E-state index contributed by atoms with van der Waals surface area (Å²) < 4.78 is 6.30. The lowest BCUT2D eigenvalue weighted by atomic mass is 10.2. The van der Waals surface area contributed by atoms with E-state index in [-0.39, 0.29) is 23.2 Å². The van der Waals surface area contributed by atoms with Crippen LogP contribution < -0.4 is 0 Å². The van der Waals surface area contributed by atoms with E-state index < -0.39 is 4.92 Å². The molecule has 0 atom stereocenters. The van der Waals surface area contributed by atoms with Crippen LogP contribution in [0.3, 0.4) is 0 Å². The summed E-state index contributed by atoms with van der Waals surface area (Å²) in [5.41, 5.74) is 2.59. The van der Waals surface area contributed by atoms with Gasteiger partial charge in [0.2, 0.25) is 5.89 Å². The van der Waals surface area contributed by atoms with E-state index in [2.05, 4.69) is 32.6 Å². The minimum absolute atomic E-state index is 0.00637. The number of hydrogen-bond acceptors (Lipinski definition) is 6. The number of non-ortho nitro benzene ring substituents is 1. The Balaban J connectivity index is 1.79. The number of rotatable bonds is 5. The normalized spacial score (nSPS) is 11.5. The maximum Gasteiger partial charge on any atom is 0.312 e. The molecule has 136 valence electrons. The highest BCUT2D eigenvalue weighted by Crippen LogP contribution is 2.23. The number of aliphatic imine (C=N–C) groups is 1. The second-order valence-electron chi connectivity index (χ2n) is 5.62. The van der Waals surface area contributed by atoms with Crippen molar-refractivity contribution in [3.63, 3.8) is 0 Å². The first-order chi connectivity index (χ1) is 12.9. The molecule has 0 amide bonds. The number of aromatic nitrogens is 1. The molecular weight excluding hydrogens is 461 g/mol. The Morgan fingerprint density at radius 2 is 2.07 bits per heavy atom. The molecule has 8 heteroatoms. The molecular formula is C19H14IN3O4. The molecule has 7 nitrogen and oxygen atoms in total. The minimum atomic E-state index is -0.463. The van der Waals surface area contributed by atoms with E-state index >= 15 is 0 Å². The van der Waals surface area contributed by atoms with Crippen molar-refractivity contribution in [2.75, 3.05) is 0 Å². The van der Waals surface area contributed by atoms with E-state index in [1.807, 2.05) is 25.1 Å². The summed E-state index contributed by atoms with van der Waals surface area (Å²) >= 11 is 2.23. The summed E-state index contributed by atoms with van der Waals surface area (Å²) in [6, 6.07) is 12.0. The molecule has 0 spiro atoms. The van der Waals surface area contributed by atoms with E-state index in [1.54, 1.807) is 18.2 Å². The Kier molecular flexibility index (Phi) is 5.65. The summed E-state index contributed by atoms with van der Waals surface area (Å²) in [4.78, 5) is 18.8. The largest absolute Gasteiger partial charge is 0.479 e. The zero-order valence-electron chi connectivity index (χ0n) is 14.2. The topological polar surface area (TPSA) is 102 Å². The number of aryl methyl sites for hydroxylation is 1. The van der Waals surface area contributed by atoms with Gasteiger partial charge in [0, 0.05) is 21.8 Å². The molecule has 1 heterocycles. The van der Waals surface area contributed by atoms with Crippen LogP contribution >= 0.6 is 22.6 Å². The average Bonchev–Trinajstić information content (AvgIpc) is 2.99. The Bertz CT molecular complexity index is 1060. The second kappa shape index (κ2) is 8.12. The summed E-state index contributed by atoms with van der Waals surface area (Å²) in [7, 11) is 0. The summed E-state index contributed by atoms with van der Waals surface area (Å²) in [5, 5.41) is 20.7. The van der Waals surface area contributed by atoms with Crippen LogP contribution in [0, 0.1) is 20.6 Å². The Hall–Kier alpha value is -3.01. The van der Waals surface area contributed by atoms with Crippen LogP contribution in [0.1, 0.15) is 22.7 Å². The number of nitro groups is 1. The van der Waals surface area contributed by atoms with Gasteiger partial charge in [-0.25, -0.2) is 4.98 Å². The van der Waals surface area contributed by atoms with E-state index in [0.717, 1.165) is 14.8 Å². The van der Waals surface area contributed by atoms with Crippen LogP contribution in [0.4, 0.5) is 11.4 Å². The van der Waals surface area contributed by atoms with Gasteiger partial charge in [0.05, 0.1) is 16.8 Å². The van der Waals surface area contributed by atoms with Gasteiger partial charge in [-0.2, -0.15) is 0 Å². The lowest BCUT2D eigenvalue weighted by Gasteiger charge is -1.99. The predicted octanol–water partition coefficient (Wildman–Crippen LogP) is 5.12. The molecule has 0 saturated heterocycles. The molecule has 1 aromatic heterocycles. The lowest BCUT2D eigenvalue weighted by molar-refractivity contribution is -0.384. The molecule has 0 aliphatic carbocycles. The first-order valence-electron chi connectivity index (χ1n) is 7.85. The van der Waals surface area contributed by atoms with Crippen molar-refractivity contribution in [2.24, 2.45) is 4.99 Å². The molecule has 0 aliphatic rings. The molecule has 0 aliphatic heterocycles. The van der Waals surface area contributed by atoms with Crippen molar-refractivity contribution < 1.29 is 14.4 Å². The summed E-state index contributed by atoms with van der Waals surface area (Å²) in [6.07, 6.45) is 4.56. The average molecular weight is 475 g/mol. The molecule has 3 rings (SSSR count). The Labute approximate surface area is 168 Å². The smallest absolute Gasteiger partial charge is 0.312 e. The molecule has 0 radical (unpaired) electrons. The summed E-state index contributed by atoms with van der Waals surface area (Å²) in [5.74, 6) is -0.180. The van der Waals surface area contributed by atoms with Crippen LogP contribution in [0.2, 0.25) is 0 Å². The van der Waals surface area contributed by atoms with Crippen molar-refractivity contribution in [3.05, 3.63) is 78.9 Å². The van der Waals surface area contributed by atoms with Gasteiger partial charge in [0.15, 0.2) is 5.69 Å². The van der Waals surface area contributed by atoms with Crippen molar-refractivity contribution in [3.8, 4) is 5.95 Å². The second-order valence-corrected chi connectivity index (χ2v) is 6.86. The predicted molar refractivity (Wildman–Crippen MR) is 111 cm³/mol. The number of aromatic hydroxyl groups is 1. The molecule has 0 unspecified atom stereocenters. The van der Waals surface area contributed by atoms with Crippen LogP contribution in [0.15, 0.2) is 51.9 Å². The fourth-order valence-electron chi connectivity index (χ4n) is 2.30. The number of hydrogen-bond donors (Lipinski definition) is 1. The lowest BCUT2D eigenvalue weighted by Crippen LogP contribution is -1.87. The Morgan fingerprint density at radius 1 is 1.26 bits per heavy atom. The van der Waals surface area contributed by atoms with E-state index in [0.29, 0.717) is 5.56 Å². The third-order valence-electron chi connectivity index (χ3n) is 3.64. The molecule has 0 bridgehead atoms. The van der Waals surface area contributed by atoms with Gasteiger partial charge < -0.3 is 9.52 Å². The van der Waals surface area contributed by atoms with Gasteiger partial charge in [0.25, 0.3) is 5.69 Å². The highest BCUT2D eigenvalue weighted by atomic mass is 127. The van der Waals surface area contributed by atoms with Gasteiger partial charge in [-0.3, -0.25) is 15.1 Å². The zero-order chi connectivity index (χ0) is 19.4. The van der Waals surface area contributed by atoms with Crippen molar-refractivity contribution in [1.29, 1.82) is 0 Å². The standard InChI is InChI=1S/C19H14IN3O4/c1-12-9-14(20)6-7-16(12)21-11-17-19(24)27-18(22-17)8-5-13-3-2-4-15(10-13)23(25)26/h2-11,24H,1H3/b8-5+,21-11?. The molecule has 3 aromatic rings. The van der Waals surface area contributed by atoms with Gasteiger partial charge in [-0.05, 0) is 64.9 Å². The zero-order valence-corrected chi connectivity index (χ0v) is 16.3. The van der Waals surface area contributed by atoms with E-state index in [4.69, 9.17) is 4.42 Å². The monoisotopic (exact) mass is 475 g/mol. The number of benzene rings is 2. The molecule has 0 saturated carbocycles. The van der Waals surface area contributed by atoms with Crippen molar-refractivity contribution >= 4 is 52.3 Å². The van der Waals surface area contributed by atoms with Crippen molar-refractivity contribution in [1.82, 2.24) is 4.98 Å². The molecule has 1 N–H and O–H groups in total. The molecule has 2 aromatic carbocycles. The van der Waals surface area contributed by atoms with Gasteiger partial charge in [-0.1, -0.05) is 12.1 Å². The van der Waals surface area contributed by atoms with Crippen LogP contribution in [-0.2, 0) is 0 Å². The molecule has 27 heavy (non-hydrogen) atoms. The highest BCUT2D eigenvalue weighted by Gasteiger charge is 2.09. The van der Waals surface area contributed by atoms with Gasteiger partial charge >= 0.3 is 5.95 Å². The van der Waals surface area contributed by atoms with Gasteiger partial charge in [0.1, 0.15) is 0 Å². The number of nitrogens with zero attached hydrogens (tertiary/aromatic N) is 3. The van der Waals surface area contributed by atoms with E-state index in [9.17, 15) is 15.2 Å². The number of nitro benzene ring substituents is 1. The van der Waals surface area contributed by atoms with Crippen LogP contribution in [0.25, 0.3) is 12.2 Å². The third kappa shape index (κ3) is 4.79. The fourth-order valence-corrected chi connectivity index (χ4v) is 2.95. The quantitative estimate of drug-likeness (QED) is 0.239. The number of halogens is 1. The maximum absolute atomic E-state index is 10.8. The SMILES string of the molecule is Cc1cc(I)ccc1N=Cc1nc(/C=C/c2cccc([N+](=O)[O-])c2)oc1O. The highest BCUT2D eigenvalue weighted by molar-refractivity contribution is 14.1. The summed E-state index contributed by atoms with van der Waals surface area (Å²) in [6.45, 7) is 1.95. The first kappa shape index (κ1) is 18.8. The fraction of sp³-hybridized carbons (Fsp3) is 0.0526. The molecule has 0 fully saturated rings. The van der Waals surface area contributed by atoms with Gasteiger partial charge in [-0.15, -0.1) is 0 Å². The number of oxazole rings is 1. The van der Waals surface area contributed by atoms with Crippen LogP contribution in [0.5, 0.6) is 5.95 Å². The van der Waals surface area contributed by atoms with Crippen LogP contribution in [-0.4, -0.2) is 21.2 Å². The third-order valence-corrected chi connectivity index (χ3v) is 4.31. The Morgan fingerprint density at radius 3 is 2.81 bits per heavy atom. The van der Waals surface area contributed by atoms with Crippen molar-refractivity contribution in [2.45, 2.75) is 6.92 Å². The first-order valence-corrected chi connectivity index (χ1v) is 8.93. The van der Waals surface area contributed by atoms with E-state index in [1.165, 1.54) is 24.4 Å². The maximum atomic E-state index is 10.8.